The van der Waals surface area contributed by atoms with E-state index >= 15 is 0 Å². The molecule has 56 valence electrons. The Hall–Kier alpha value is -0.00364. The van der Waals surface area contributed by atoms with Crippen molar-refractivity contribution in [3.05, 3.63) is 35.9 Å². The molecule has 0 aliphatic rings. The summed E-state index contributed by atoms with van der Waals surface area (Å²) in [5, 5.41) is 0. The van der Waals surface area contributed by atoms with Crippen LogP contribution in [0.5, 0.6) is 0 Å². The van der Waals surface area contributed by atoms with Crippen LogP contribution in [-0.4, -0.2) is 12.4 Å². The van der Waals surface area contributed by atoms with Gasteiger partial charge in [0.25, 0.3) is 0 Å². The molecule has 4 heteroatoms. The quantitative estimate of drug-likeness (QED) is 0.234. The number of benzene rings is 1. The van der Waals surface area contributed by atoms with Gasteiger partial charge < -0.3 is 4.74 Å². The first-order valence-electron chi connectivity index (χ1n) is 3.04. The molecule has 0 fully saturated rings. The zero-order chi connectivity index (χ0) is 8.10. The predicted octanol–water partition coefficient (Wildman–Crippen LogP) is -2.00. The Balaban J connectivity index is 0.00000121. The fourth-order valence-electron chi connectivity index (χ4n) is 0.686. The van der Waals surface area contributed by atoms with Crippen molar-refractivity contribution in [3.8, 4) is 0 Å². The molecular weight excluding hydrogens is 183 g/mol. The smallest absolute Gasteiger partial charge is 0.392 e. The van der Waals surface area contributed by atoms with Crippen LogP contribution >= 0.6 is 0 Å². The summed E-state index contributed by atoms with van der Waals surface area (Å²) in [5.74, 6) is -0.624. The van der Waals surface area contributed by atoms with Gasteiger partial charge in [-0.25, -0.2) is 4.79 Å². The summed E-state index contributed by atoms with van der Waals surface area (Å²) in [6.07, 6.45) is 0. The second kappa shape index (κ2) is 6.51. The van der Waals surface area contributed by atoms with Gasteiger partial charge in [-0.05, 0) is 12.1 Å². The number of esters is 1. The van der Waals surface area contributed by atoms with Crippen LogP contribution in [0.15, 0.2) is 30.3 Å². The number of carbonyl (C=O) groups excluding carboxylic acids is 2. The normalized spacial score (nSPS) is 8.00. The Labute approximate surface area is 113 Å². The zero-order valence-corrected chi connectivity index (χ0v) is 9.81. The predicted molar refractivity (Wildman–Crippen MR) is 37.9 cm³/mol. The largest absolute Gasteiger partial charge is 1.00 e. The molecule has 0 aromatic heterocycles. The molecule has 1 rings (SSSR count). The first-order chi connectivity index (χ1) is 5.34. The zero-order valence-electron chi connectivity index (χ0n) is 6.69. The summed E-state index contributed by atoms with van der Waals surface area (Å²) in [7, 11) is 0. The summed E-state index contributed by atoms with van der Waals surface area (Å²) >= 11 is 0. The van der Waals surface area contributed by atoms with Crippen molar-refractivity contribution >= 4 is 12.4 Å². The molecule has 0 atom stereocenters. The molecule has 3 nitrogen and oxygen atoms in total. The number of ether oxygens (including phenoxy) is 1. The SMILES string of the molecule is O=COC(=O)c1ccccc1.[K+]. The van der Waals surface area contributed by atoms with Crippen molar-refractivity contribution in [2.45, 2.75) is 0 Å². The van der Waals surface area contributed by atoms with E-state index in [1.807, 2.05) is 0 Å². The number of hydrogen-bond acceptors (Lipinski definition) is 3. The first kappa shape index (κ1) is 12.0. The molecule has 0 saturated carbocycles. The molecule has 0 amide bonds. The maximum absolute atomic E-state index is 10.8. The van der Waals surface area contributed by atoms with Gasteiger partial charge >= 0.3 is 63.8 Å². The molecule has 0 spiro atoms. The van der Waals surface area contributed by atoms with Crippen molar-refractivity contribution in [1.82, 2.24) is 0 Å². The molecule has 12 heavy (non-hydrogen) atoms. The van der Waals surface area contributed by atoms with Crippen LogP contribution in [0.25, 0.3) is 0 Å². The van der Waals surface area contributed by atoms with E-state index in [2.05, 4.69) is 4.74 Å². The summed E-state index contributed by atoms with van der Waals surface area (Å²) in [5.41, 5.74) is 0.375. The standard InChI is InChI=1S/C8H6O3.K/c9-6-11-8(10)7-4-2-1-3-5-7;/h1-6H;/q;+1. The van der Waals surface area contributed by atoms with E-state index in [9.17, 15) is 9.59 Å². The van der Waals surface area contributed by atoms with Gasteiger partial charge in [0.05, 0.1) is 5.56 Å². The van der Waals surface area contributed by atoms with Crippen LogP contribution in [-0.2, 0) is 9.53 Å². The topological polar surface area (TPSA) is 43.4 Å². The summed E-state index contributed by atoms with van der Waals surface area (Å²) in [6.45, 7) is 0.120. The third-order valence-electron chi connectivity index (χ3n) is 1.16. The summed E-state index contributed by atoms with van der Waals surface area (Å²) in [4.78, 5) is 20.5. The van der Waals surface area contributed by atoms with Gasteiger partial charge in [-0.2, -0.15) is 0 Å². The van der Waals surface area contributed by atoms with Crippen LogP contribution in [0.3, 0.4) is 0 Å². The average Bonchev–Trinajstić information content (AvgIpc) is 2.07. The van der Waals surface area contributed by atoms with Gasteiger partial charge in [0, 0.05) is 0 Å². The summed E-state index contributed by atoms with van der Waals surface area (Å²) < 4.78 is 4.11. The van der Waals surface area contributed by atoms with Gasteiger partial charge in [0.15, 0.2) is 0 Å². The second-order valence-corrected chi connectivity index (χ2v) is 1.87. The second-order valence-electron chi connectivity index (χ2n) is 1.87. The van der Waals surface area contributed by atoms with Crippen molar-refractivity contribution in [2.24, 2.45) is 0 Å². The van der Waals surface area contributed by atoms with E-state index in [-0.39, 0.29) is 57.9 Å². The van der Waals surface area contributed by atoms with Gasteiger partial charge in [-0.3, -0.25) is 4.79 Å². The minimum atomic E-state index is -0.624. The maximum Gasteiger partial charge on any atom is 1.00 e. The number of rotatable bonds is 2. The van der Waals surface area contributed by atoms with Crippen LogP contribution in [0.1, 0.15) is 10.4 Å². The van der Waals surface area contributed by atoms with Crippen LogP contribution in [0, 0.1) is 0 Å². The minimum absolute atomic E-state index is 0. The van der Waals surface area contributed by atoms with Crippen molar-refractivity contribution in [3.63, 3.8) is 0 Å². The summed E-state index contributed by atoms with van der Waals surface area (Å²) in [6, 6.07) is 8.32. The third-order valence-corrected chi connectivity index (χ3v) is 1.16. The molecule has 0 unspecified atom stereocenters. The third kappa shape index (κ3) is 3.60. The van der Waals surface area contributed by atoms with E-state index < -0.39 is 5.97 Å². The molecule has 0 N–H and O–H groups in total. The monoisotopic (exact) mass is 189 g/mol. The van der Waals surface area contributed by atoms with E-state index in [0.717, 1.165) is 0 Å². The molecule has 1 aromatic rings. The van der Waals surface area contributed by atoms with E-state index in [4.69, 9.17) is 0 Å². The van der Waals surface area contributed by atoms with Gasteiger partial charge in [0.1, 0.15) is 0 Å². The van der Waals surface area contributed by atoms with Gasteiger partial charge in [-0.1, -0.05) is 18.2 Å². The molecule has 0 aliphatic carbocycles. The fourth-order valence-corrected chi connectivity index (χ4v) is 0.686. The van der Waals surface area contributed by atoms with E-state index in [0.29, 0.717) is 5.56 Å². The fraction of sp³-hybridized carbons (Fsp3) is 0. The average molecular weight is 189 g/mol. The molecule has 1 aromatic carbocycles. The number of hydrogen-bond donors (Lipinski definition) is 0. The van der Waals surface area contributed by atoms with Crippen molar-refractivity contribution < 1.29 is 65.7 Å². The van der Waals surface area contributed by atoms with Gasteiger partial charge in [0.2, 0.25) is 0 Å². The first-order valence-corrected chi connectivity index (χ1v) is 3.04. The molecule has 0 radical (unpaired) electrons. The molecular formula is C8H6KO3+. The van der Waals surface area contributed by atoms with Crippen molar-refractivity contribution in [2.75, 3.05) is 0 Å². The van der Waals surface area contributed by atoms with Crippen LogP contribution in [0.2, 0.25) is 0 Å². The Kier molecular flexibility index (Phi) is 6.50. The minimum Gasteiger partial charge on any atom is -0.392 e. The molecule has 0 heterocycles. The van der Waals surface area contributed by atoms with E-state index in [1.165, 1.54) is 0 Å². The molecule has 0 bridgehead atoms. The Bertz CT molecular complexity index is 258. The van der Waals surface area contributed by atoms with Crippen molar-refractivity contribution in [1.29, 1.82) is 0 Å². The Morgan fingerprint density at radius 1 is 1.25 bits per heavy atom. The van der Waals surface area contributed by atoms with Crippen LogP contribution < -0.4 is 51.4 Å². The molecule has 0 aliphatic heterocycles. The molecule has 0 saturated heterocycles. The van der Waals surface area contributed by atoms with Crippen LogP contribution in [0.4, 0.5) is 0 Å². The Morgan fingerprint density at radius 3 is 2.33 bits per heavy atom. The maximum atomic E-state index is 10.8. The Morgan fingerprint density at radius 2 is 1.83 bits per heavy atom. The van der Waals surface area contributed by atoms with E-state index in [1.54, 1.807) is 30.3 Å². The number of carbonyl (C=O) groups is 2. The van der Waals surface area contributed by atoms with Gasteiger partial charge in [-0.15, -0.1) is 0 Å².